The molecule has 1 saturated heterocycles. The summed E-state index contributed by atoms with van der Waals surface area (Å²) < 4.78 is 4.64. The molecule has 7 heteroatoms. The summed E-state index contributed by atoms with van der Waals surface area (Å²) in [5.41, 5.74) is 1.71. The fraction of sp³-hybridized carbons (Fsp3) is 0.400. The zero-order valence-electron chi connectivity index (χ0n) is 12.6. The van der Waals surface area contributed by atoms with Crippen LogP contribution in [0.25, 0.3) is 0 Å². The zero-order valence-corrected chi connectivity index (χ0v) is 12.6. The first-order chi connectivity index (χ1) is 10.5. The molecule has 1 atom stereocenters. The molecule has 0 aliphatic carbocycles. The van der Waals surface area contributed by atoms with E-state index in [9.17, 15) is 14.4 Å². The third-order valence-electron chi connectivity index (χ3n) is 3.49. The molecule has 3 amide bonds. The Kier molecular flexibility index (Phi) is 4.98. The van der Waals surface area contributed by atoms with Gasteiger partial charge in [-0.2, -0.15) is 0 Å². The van der Waals surface area contributed by atoms with Gasteiger partial charge in [0.15, 0.2) is 0 Å². The number of carbonyl (C=O) groups excluding carboxylic acids is 3. The van der Waals surface area contributed by atoms with Gasteiger partial charge in [0.1, 0.15) is 6.04 Å². The van der Waals surface area contributed by atoms with Gasteiger partial charge in [0.25, 0.3) is 0 Å². The molecule has 1 aliphatic heterocycles. The first-order valence-corrected chi connectivity index (χ1v) is 7.05. The number of amides is 3. The van der Waals surface area contributed by atoms with Crippen LogP contribution in [0.5, 0.6) is 0 Å². The molecule has 0 spiro atoms. The summed E-state index contributed by atoms with van der Waals surface area (Å²) in [6, 6.07) is 3.87. The summed E-state index contributed by atoms with van der Waals surface area (Å²) in [7, 11) is 1.31. The first-order valence-electron chi connectivity index (χ1n) is 7.05. The van der Waals surface area contributed by atoms with Gasteiger partial charge in [-0.1, -0.05) is 0 Å². The van der Waals surface area contributed by atoms with E-state index in [-0.39, 0.29) is 5.91 Å². The number of hydrogen-bond donors (Lipinski definition) is 3. The molecule has 7 nitrogen and oxygen atoms in total. The maximum absolute atomic E-state index is 12.0. The van der Waals surface area contributed by atoms with Crippen LogP contribution in [0.2, 0.25) is 0 Å². The lowest BCUT2D eigenvalue weighted by Crippen LogP contribution is -2.51. The van der Waals surface area contributed by atoms with Gasteiger partial charge in [0.05, 0.1) is 12.7 Å². The average molecular weight is 305 g/mol. The summed E-state index contributed by atoms with van der Waals surface area (Å²) in [4.78, 5) is 35.0. The van der Waals surface area contributed by atoms with E-state index in [1.807, 2.05) is 0 Å². The van der Waals surface area contributed by atoms with E-state index in [1.165, 1.54) is 7.11 Å². The molecule has 3 N–H and O–H groups in total. The van der Waals surface area contributed by atoms with Crippen molar-refractivity contribution >= 4 is 23.6 Å². The van der Waals surface area contributed by atoms with Gasteiger partial charge in [-0.3, -0.25) is 4.79 Å². The van der Waals surface area contributed by atoms with Gasteiger partial charge in [0.2, 0.25) is 5.91 Å². The Balaban J connectivity index is 1.99. The monoisotopic (exact) mass is 305 g/mol. The fourth-order valence-corrected chi connectivity index (χ4v) is 2.28. The van der Waals surface area contributed by atoms with E-state index in [0.29, 0.717) is 24.2 Å². The average Bonchev–Trinajstić information content (AvgIpc) is 2.50. The normalized spacial score (nSPS) is 17.4. The number of nitrogens with one attached hydrogen (secondary N) is 3. The smallest absolute Gasteiger partial charge is 0.337 e. The number of rotatable bonds is 3. The number of urea groups is 1. The molecule has 1 unspecified atom stereocenters. The van der Waals surface area contributed by atoms with Gasteiger partial charge < -0.3 is 20.7 Å². The van der Waals surface area contributed by atoms with Crippen molar-refractivity contribution in [3.8, 4) is 0 Å². The van der Waals surface area contributed by atoms with Gasteiger partial charge in [-0.25, -0.2) is 9.59 Å². The van der Waals surface area contributed by atoms with E-state index in [0.717, 1.165) is 12.0 Å². The predicted octanol–water partition coefficient (Wildman–Crippen LogP) is 1.18. The van der Waals surface area contributed by atoms with Crippen LogP contribution in [0, 0.1) is 6.92 Å². The van der Waals surface area contributed by atoms with E-state index >= 15 is 0 Å². The Bertz CT molecular complexity index is 600. The van der Waals surface area contributed by atoms with Crippen LogP contribution >= 0.6 is 0 Å². The van der Waals surface area contributed by atoms with Crippen molar-refractivity contribution in [1.29, 1.82) is 0 Å². The van der Waals surface area contributed by atoms with Crippen molar-refractivity contribution in [2.24, 2.45) is 0 Å². The second-order valence-corrected chi connectivity index (χ2v) is 5.11. The van der Waals surface area contributed by atoms with Gasteiger partial charge in [-0.15, -0.1) is 0 Å². The number of aryl methyl sites for hydroxylation is 1. The Labute approximate surface area is 128 Å². The number of anilines is 1. The summed E-state index contributed by atoms with van der Waals surface area (Å²) in [6.45, 7) is 2.42. The van der Waals surface area contributed by atoms with Crippen LogP contribution in [-0.4, -0.2) is 37.6 Å². The lowest BCUT2D eigenvalue weighted by molar-refractivity contribution is -0.124. The summed E-state index contributed by atoms with van der Waals surface area (Å²) in [5, 5.41) is 8.03. The Morgan fingerprint density at radius 2 is 2.14 bits per heavy atom. The van der Waals surface area contributed by atoms with Crippen LogP contribution in [0.1, 0.15) is 28.8 Å². The number of esters is 1. The highest BCUT2D eigenvalue weighted by Gasteiger charge is 2.23. The van der Waals surface area contributed by atoms with Crippen LogP contribution in [-0.2, 0) is 9.53 Å². The molecule has 1 aromatic carbocycles. The number of benzene rings is 1. The topological polar surface area (TPSA) is 96.5 Å². The molecule has 1 aliphatic rings. The van der Waals surface area contributed by atoms with E-state index in [1.54, 1.807) is 25.1 Å². The first kappa shape index (κ1) is 15.8. The van der Waals surface area contributed by atoms with Crippen molar-refractivity contribution in [3.63, 3.8) is 0 Å². The molecule has 118 valence electrons. The van der Waals surface area contributed by atoms with Crippen molar-refractivity contribution in [2.45, 2.75) is 25.8 Å². The summed E-state index contributed by atoms with van der Waals surface area (Å²) in [5.74, 6) is -0.600. The number of methoxy groups -OCH3 is 1. The maximum Gasteiger partial charge on any atom is 0.337 e. The molecule has 2 rings (SSSR count). The molecule has 0 aromatic heterocycles. The Hall–Kier alpha value is -2.57. The SMILES string of the molecule is COC(=O)c1ccc(NC(=O)NC2CCCNC2=O)c(C)c1. The predicted molar refractivity (Wildman–Crippen MR) is 80.7 cm³/mol. The van der Waals surface area contributed by atoms with E-state index in [2.05, 4.69) is 20.7 Å². The second-order valence-electron chi connectivity index (χ2n) is 5.11. The minimum Gasteiger partial charge on any atom is -0.465 e. The standard InChI is InChI=1S/C15H19N3O4/c1-9-8-10(14(20)22-2)5-6-11(9)17-15(21)18-12-4-3-7-16-13(12)19/h5-6,8,12H,3-4,7H2,1-2H3,(H,16,19)(H2,17,18,21). The summed E-state index contributed by atoms with van der Waals surface area (Å²) >= 11 is 0. The molecule has 22 heavy (non-hydrogen) atoms. The van der Waals surface area contributed by atoms with E-state index in [4.69, 9.17) is 0 Å². The molecule has 0 radical (unpaired) electrons. The highest BCUT2D eigenvalue weighted by atomic mass is 16.5. The molecule has 0 saturated carbocycles. The van der Waals surface area contributed by atoms with Gasteiger partial charge in [-0.05, 0) is 43.5 Å². The molecule has 1 heterocycles. The molecule has 1 aromatic rings. The zero-order chi connectivity index (χ0) is 16.1. The van der Waals surface area contributed by atoms with E-state index < -0.39 is 18.0 Å². The minimum atomic E-state index is -0.511. The number of hydrogen-bond acceptors (Lipinski definition) is 4. The fourth-order valence-electron chi connectivity index (χ4n) is 2.28. The minimum absolute atomic E-state index is 0.167. The summed E-state index contributed by atoms with van der Waals surface area (Å²) in [6.07, 6.45) is 1.46. The third-order valence-corrected chi connectivity index (χ3v) is 3.49. The Morgan fingerprint density at radius 3 is 2.77 bits per heavy atom. The number of ether oxygens (including phenoxy) is 1. The largest absolute Gasteiger partial charge is 0.465 e. The second kappa shape index (κ2) is 6.93. The molecular weight excluding hydrogens is 286 g/mol. The van der Waals surface area contributed by atoms with Crippen LogP contribution in [0.15, 0.2) is 18.2 Å². The highest BCUT2D eigenvalue weighted by molar-refractivity contribution is 5.95. The Morgan fingerprint density at radius 1 is 1.36 bits per heavy atom. The van der Waals surface area contributed by atoms with Gasteiger partial charge >= 0.3 is 12.0 Å². The molecular formula is C15H19N3O4. The van der Waals surface area contributed by atoms with Gasteiger partial charge in [0, 0.05) is 12.2 Å². The van der Waals surface area contributed by atoms with Crippen LogP contribution < -0.4 is 16.0 Å². The van der Waals surface area contributed by atoms with Crippen molar-refractivity contribution in [1.82, 2.24) is 10.6 Å². The lowest BCUT2D eigenvalue weighted by atomic mass is 10.1. The number of carbonyl (C=O) groups is 3. The lowest BCUT2D eigenvalue weighted by Gasteiger charge is -2.23. The maximum atomic E-state index is 12.0. The van der Waals surface area contributed by atoms with Crippen molar-refractivity contribution in [2.75, 3.05) is 19.0 Å². The van der Waals surface area contributed by atoms with Crippen LogP contribution in [0.3, 0.4) is 0 Å². The third kappa shape index (κ3) is 3.75. The molecule has 0 bridgehead atoms. The van der Waals surface area contributed by atoms with Crippen LogP contribution in [0.4, 0.5) is 10.5 Å². The number of piperidine rings is 1. The molecule has 1 fully saturated rings. The van der Waals surface area contributed by atoms with Crippen molar-refractivity contribution < 1.29 is 19.1 Å². The van der Waals surface area contributed by atoms with Crippen molar-refractivity contribution in [3.05, 3.63) is 29.3 Å². The highest BCUT2D eigenvalue weighted by Crippen LogP contribution is 2.17. The quantitative estimate of drug-likeness (QED) is 0.731.